The van der Waals surface area contributed by atoms with Crippen molar-refractivity contribution in [2.45, 2.75) is 37.5 Å². The van der Waals surface area contributed by atoms with Gasteiger partial charge in [0.25, 0.3) is 11.8 Å². The molecule has 0 radical (unpaired) electrons. The van der Waals surface area contributed by atoms with Crippen molar-refractivity contribution < 1.29 is 24.3 Å². The molecule has 4 heterocycles. The summed E-state index contributed by atoms with van der Waals surface area (Å²) in [5.41, 5.74) is 7.07. The maximum Gasteiger partial charge on any atom is 0.338 e. The van der Waals surface area contributed by atoms with Crippen molar-refractivity contribution in [3.05, 3.63) is 98.6 Å². The van der Waals surface area contributed by atoms with E-state index in [2.05, 4.69) is 35.6 Å². The van der Waals surface area contributed by atoms with Crippen LogP contribution < -0.4 is 16.4 Å². The van der Waals surface area contributed by atoms with Crippen molar-refractivity contribution in [3.63, 3.8) is 0 Å². The lowest BCUT2D eigenvalue weighted by Crippen LogP contribution is -2.35. The Bertz CT molecular complexity index is 1950. The number of halogens is 9. The Kier molecular flexibility index (Phi) is 14.2. The molecule has 0 atom stereocenters. The largest absolute Gasteiger partial charge is 0.478 e. The molecule has 0 bridgehead atoms. The van der Waals surface area contributed by atoms with Gasteiger partial charge in [-0.05, 0) is 43.9 Å². The number of nitrogens with zero attached hydrogens (tertiary/aromatic N) is 5. The number of pyridine rings is 3. The standard InChI is InChI=1S/C17H14Cl3N5O2.C6H3Cl3N2O.C6H2Cl3NO2/c18-10-5-9(14(19)24-15(10)20)16(26)25-17(27)23-13-11(7-1-2-7)21-6-22-12(13)8-3-4-8;7-3-1-2(6(10)12)4(8)11-5(3)9;7-3-1-2(6(11)12)4(8)10-5(3)9/h5-8H,1-4H2,(H2,23,25,26,27);1H,(H2,10,12);1H,(H,11,12). The van der Waals surface area contributed by atoms with Crippen molar-refractivity contribution in [2.75, 3.05) is 5.32 Å². The van der Waals surface area contributed by atoms with Crippen LogP contribution in [0, 0.1) is 0 Å². The summed E-state index contributed by atoms with van der Waals surface area (Å²) < 4.78 is 0. The van der Waals surface area contributed by atoms with E-state index in [0.717, 1.165) is 43.1 Å². The van der Waals surface area contributed by atoms with Crippen molar-refractivity contribution in [3.8, 4) is 0 Å². The van der Waals surface area contributed by atoms with Crippen molar-refractivity contribution in [2.24, 2.45) is 5.73 Å². The van der Waals surface area contributed by atoms with Crippen LogP contribution in [0.15, 0.2) is 24.5 Å². The molecule has 2 aliphatic carbocycles. The minimum absolute atomic E-state index is 0.00772. The van der Waals surface area contributed by atoms with Gasteiger partial charge >= 0.3 is 12.0 Å². The Labute approximate surface area is 333 Å². The molecule has 13 nitrogen and oxygen atoms in total. The lowest BCUT2D eigenvalue weighted by Gasteiger charge is -2.14. The molecule has 51 heavy (non-hydrogen) atoms. The minimum Gasteiger partial charge on any atom is -0.478 e. The molecular formula is C29H19Cl9N8O5. The van der Waals surface area contributed by atoms with E-state index in [9.17, 15) is 19.2 Å². The highest BCUT2D eigenvalue weighted by Crippen LogP contribution is 2.48. The molecule has 4 amide bonds. The summed E-state index contributed by atoms with van der Waals surface area (Å²) in [4.78, 5) is 65.5. The number of primary amides is 1. The number of aromatic nitrogens is 5. The third kappa shape index (κ3) is 11.0. The number of imide groups is 1. The number of anilines is 1. The van der Waals surface area contributed by atoms with E-state index in [4.69, 9.17) is 115 Å². The van der Waals surface area contributed by atoms with E-state index in [1.54, 1.807) is 0 Å². The highest BCUT2D eigenvalue weighted by atomic mass is 35.5. The van der Waals surface area contributed by atoms with Gasteiger partial charge in [-0.2, -0.15) is 0 Å². The predicted molar refractivity (Wildman–Crippen MR) is 196 cm³/mol. The van der Waals surface area contributed by atoms with Crippen LogP contribution in [0.4, 0.5) is 10.5 Å². The normalized spacial score (nSPS) is 13.2. The van der Waals surface area contributed by atoms with Gasteiger partial charge in [0.2, 0.25) is 0 Å². The number of carboxylic acids is 1. The van der Waals surface area contributed by atoms with E-state index in [1.165, 1.54) is 18.5 Å². The molecule has 0 saturated heterocycles. The number of hydrogen-bond acceptors (Lipinski definition) is 9. The molecule has 2 aliphatic rings. The lowest BCUT2D eigenvalue weighted by molar-refractivity contribution is 0.0696. The van der Waals surface area contributed by atoms with Crippen LogP contribution in [0.2, 0.25) is 46.0 Å². The van der Waals surface area contributed by atoms with Gasteiger partial charge in [-0.25, -0.2) is 34.5 Å². The van der Waals surface area contributed by atoms with E-state index in [-0.39, 0.29) is 62.7 Å². The summed E-state index contributed by atoms with van der Waals surface area (Å²) in [6.45, 7) is 0. The van der Waals surface area contributed by atoms with Gasteiger partial charge in [0.1, 0.15) is 37.2 Å². The van der Waals surface area contributed by atoms with Gasteiger partial charge in [-0.1, -0.05) is 104 Å². The predicted octanol–water partition coefficient (Wildman–Crippen LogP) is 9.43. The Hall–Kier alpha value is -2.98. The zero-order chi connectivity index (χ0) is 37.7. The van der Waals surface area contributed by atoms with Crippen LogP contribution in [-0.4, -0.2) is 53.8 Å². The molecule has 0 unspecified atom stereocenters. The molecule has 22 heteroatoms. The van der Waals surface area contributed by atoms with Gasteiger partial charge < -0.3 is 16.2 Å². The first kappa shape index (κ1) is 40.8. The van der Waals surface area contributed by atoms with Crippen LogP contribution in [0.5, 0.6) is 0 Å². The van der Waals surface area contributed by atoms with E-state index in [1.807, 2.05) is 0 Å². The van der Waals surface area contributed by atoms with Crippen molar-refractivity contribution in [1.29, 1.82) is 0 Å². The van der Waals surface area contributed by atoms with Crippen LogP contribution in [-0.2, 0) is 0 Å². The number of carbonyl (C=O) groups excluding carboxylic acids is 3. The third-order valence-corrected chi connectivity index (χ3v) is 9.58. The number of carboxylic acid groups (broad SMARTS) is 1. The fourth-order valence-corrected chi connectivity index (χ4v) is 5.69. The van der Waals surface area contributed by atoms with E-state index in [0.29, 0.717) is 17.5 Å². The molecule has 0 aliphatic heterocycles. The molecule has 4 aromatic heterocycles. The van der Waals surface area contributed by atoms with Gasteiger partial charge in [0.05, 0.1) is 48.8 Å². The van der Waals surface area contributed by atoms with Crippen molar-refractivity contribution >= 4 is 134 Å². The highest BCUT2D eigenvalue weighted by Gasteiger charge is 2.35. The first-order chi connectivity index (χ1) is 24.0. The quantitative estimate of drug-likeness (QED) is 0.135. The van der Waals surface area contributed by atoms with Gasteiger partial charge in [0, 0.05) is 11.8 Å². The fourth-order valence-electron chi connectivity index (χ4n) is 4.01. The minimum atomic E-state index is -1.19. The number of aromatic carboxylic acids is 1. The second-order valence-electron chi connectivity index (χ2n) is 10.4. The van der Waals surface area contributed by atoms with Crippen LogP contribution in [0.25, 0.3) is 0 Å². The second-order valence-corrected chi connectivity index (χ2v) is 13.8. The molecule has 0 aromatic carbocycles. The first-order valence-corrected chi connectivity index (χ1v) is 17.4. The molecule has 2 fully saturated rings. The Morgan fingerprint density at radius 1 is 0.627 bits per heavy atom. The fraction of sp³-hybridized carbons (Fsp3) is 0.207. The zero-order valence-corrected chi connectivity index (χ0v) is 31.9. The summed E-state index contributed by atoms with van der Waals surface area (Å²) in [6, 6.07) is 3.00. The number of urea groups is 1. The molecule has 4 aromatic rings. The van der Waals surface area contributed by atoms with Crippen LogP contribution in [0.3, 0.4) is 0 Å². The van der Waals surface area contributed by atoms with Gasteiger partial charge in [-0.15, -0.1) is 0 Å². The van der Waals surface area contributed by atoms with Crippen molar-refractivity contribution in [1.82, 2.24) is 30.2 Å². The summed E-state index contributed by atoms with van der Waals surface area (Å²) in [5.74, 6) is -1.96. The van der Waals surface area contributed by atoms with E-state index >= 15 is 0 Å². The summed E-state index contributed by atoms with van der Waals surface area (Å²) in [5, 5.41) is 13.5. The van der Waals surface area contributed by atoms with Crippen LogP contribution in [0.1, 0.15) is 80.0 Å². The molecule has 5 N–H and O–H groups in total. The van der Waals surface area contributed by atoms with Gasteiger partial charge in [0.15, 0.2) is 0 Å². The summed E-state index contributed by atoms with van der Waals surface area (Å²) >= 11 is 50.6. The number of nitrogens with two attached hydrogens (primary N) is 1. The smallest absolute Gasteiger partial charge is 0.338 e. The summed E-state index contributed by atoms with van der Waals surface area (Å²) in [7, 11) is 0. The van der Waals surface area contributed by atoms with E-state index < -0.39 is 23.8 Å². The Balaban J connectivity index is 0.000000201. The Morgan fingerprint density at radius 3 is 1.43 bits per heavy atom. The van der Waals surface area contributed by atoms with Crippen LogP contribution >= 0.6 is 104 Å². The molecular weight excluding hydrogens is 859 g/mol. The zero-order valence-electron chi connectivity index (χ0n) is 25.1. The molecule has 2 saturated carbocycles. The lowest BCUT2D eigenvalue weighted by atomic mass is 10.1. The average Bonchev–Trinajstić information content (AvgIpc) is 3.97. The molecule has 6 rings (SSSR count). The monoisotopic (exact) mass is 874 g/mol. The number of hydrogen-bond donors (Lipinski definition) is 4. The molecule has 0 spiro atoms. The second kappa shape index (κ2) is 17.7. The maximum atomic E-state index is 12.4. The highest BCUT2D eigenvalue weighted by molar-refractivity contribution is 6.44. The Morgan fingerprint density at radius 2 is 1.02 bits per heavy atom. The van der Waals surface area contributed by atoms with Gasteiger partial charge in [-0.3, -0.25) is 14.9 Å². The number of rotatable bonds is 6. The number of amides is 4. The summed E-state index contributed by atoms with van der Waals surface area (Å²) in [6.07, 6.45) is 5.65. The maximum absolute atomic E-state index is 12.4. The topological polar surface area (TPSA) is 203 Å². The third-order valence-electron chi connectivity index (χ3n) is 6.70. The average molecular weight is 879 g/mol. The first-order valence-electron chi connectivity index (χ1n) is 14.0. The number of nitrogens with one attached hydrogen (secondary N) is 2. The molecule has 268 valence electrons. The SMILES string of the molecule is NC(=O)c1cc(Cl)c(Cl)nc1Cl.O=C(NC(=O)c1cc(Cl)c(Cl)nc1Cl)Nc1c(C2CC2)ncnc1C1CC1.O=C(O)c1cc(Cl)c(Cl)nc1Cl. The number of carbonyl (C=O) groups is 4.